The topological polar surface area (TPSA) is 26.3 Å². The fourth-order valence-electron chi connectivity index (χ4n) is 2.20. The van der Waals surface area contributed by atoms with Gasteiger partial charge in [-0.3, -0.25) is 4.79 Å². The van der Waals surface area contributed by atoms with Gasteiger partial charge in [0.2, 0.25) is 0 Å². The van der Waals surface area contributed by atoms with Gasteiger partial charge < -0.3 is 4.74 Å². The van der Waals surface area contributed by atoms with E-state index in [2.05, 4.69) is 0 Å². The average molecular weight is 304 g/mol. The van der Waals surface area contributed by atoms with Crippen LogP contribution in [0.15, 0.2) is 41.3 Å². The van der Waals surface area contributed by atoms with E-state index in [4.69, 9.17) is 4.74 Å². The van der Waals surface area contributed by atoms with E-state index in [1.54, 1.807) is 19.2 Å². The summed E-state index contributed by atoms with van der Waals surface area (Å²) in [4.78, 5) is 13.3. The number of carbonyl (C=O) groups is 1. The zero-order chi connectivity index (χ0) is 15.4. The van der Waals surface area contributed by atoms with Crippen LogP contribution in [0.25, 0.3) is 0 Å². The number of rotatable bonds is 5. The largest absolute Gasteiger partial charge is 0.496 e. The second kappa shape index (κ2) is 6.76. The molecule has 110 valence electrons. The minimum Gasteiger partial charge on any atom is -0.496 e. The van der Waals surface area contributed by atoms with Crippen molar-refractivity contribution in [2.45, 2.75) is 18.7 Å². The SMILES string of the molecule is COc1cc(C)cc(C)c1C(=O)CSc1ccc(F)cc1. The van der Waals surface area contributed by atoms with Gasteiger partial charge >= 0.3 is 0 Å². The lowest BCUT2D eigenvalue weighted by atomic mass is 10.0. The molecule has 0 bridgehead atoms. The number of Topliss-reactive ketones (excluding diaryl/α,β-unsaturated/α-hetero) is 1. The van der Waals surface area contributed by atoms with E-state index in [1.807, 2.05) is 26.0 Å². The van der Waals surface area contributed by atoms with Gasteiger partial charge in [0.15, 0.2) is 5.78 Å². The predicted octanol–water partition coefficient (Wildman–Crippen LogP) is 4.43. The molecule has 2 aromatic carbocycles. The summed E-state index contributed by atoms with van der Waals surface area (Å²) >= 11 is 1.39. The van der Waals surface area contributed by atoms with Crippen molar-refractivity contribution in [3.8, 4) is 5.75 Å². The second-order valence-electron chi connectivity index (χ2n) is 4.82. The molecule has 2 nitrogen and oxygen atoms in total. The lowest BCUT2D eigenvalue weighted by Crippen LogP contribution is -2.08. The maximum Gasteiger partial charge on any atom is 0.177 e. The second-order valence-corrected chi connectivity index (χ2v) is 5.87. The minimum absolute atomic E-state index is 0.0127. The van der Waals surface area contributed by atoms with E-state index in [0.717, 1.165) is 16.0 Å². The van der Waals surface area contributed by atoms with Crippen LogP contribution in [0.3, 0.4) is 0 Å². The Hall–Kier alpha value is -1.81. The number of halogens is 1. The highest BCUT2D eigenvalue weighted by molar-refractivity contribution is 8.00. The molecule has 0 aliphatic rings. The lowest BCUT2D eigenvalue weighted by Gasteiger charge is -2.12. The maximum atomic E-state index is 12.8. The van der Waals surface area contributed by atoms with Crippen molar-refractivity contribution in [3.05, 3.63) is 58.9 Å². The zero-order valence-corrected chi connectivity index (χ0v) is 13.1. The highest BCUT2D eigenvalue weighted by atomic mass is 32.2. The first kappa shape index (κ1) is 15.6. The van der Waals surface area contributed by atoms with E-state index in [0.29, 0.717) is 17.1 Å². The highest BCUT2D eigenvalue weighted by Crippen LogP contribution is 2.27. The Kier molecular flexibility index (Phi) is 5.02. The minimum atomic E-state index is -0.276. The molecule has 2 rings (SSSR count). The molecule has 0 aliphatic heterocycles. The third-order valence-corrected chi connectivity index (χ3v) is 4.14. The predicted molar refractivity (Wildman–Crippen MR) is 83.9 cm³/mol. The summed E-state index contributed by atoms with van der Waals surface area (Å²) in [7, 11) is 1.57. The van der Waals surface area contributed by atoms with Crippen LogP contribution in [-0.2, 0) is 0 Å². The first-order chi connectivity index (χ1) is 10.0. The van der Waals surface area contributed by atoms with Gasteiger partial charge in [-0.1, -0.05) is 6.07 Å². The number of thioether (sulfide) groups is 1. The van der Waals surface area contributed by atoms with E-state index in [9.17, 15) is 9.18 Å². The number of carbonyl (C=O) groups excluding carboxylic acids is 1. The molecule has 0 saturated carbocycles. The Labute approximate surface area is 128 Å². The molecule has 2 aromatic rings. The van der Waals surface area contributed by atoms with Crippen LogP contribution in [-0.4, -0.2) is 18.6 Å². The Bertz CT molecular complexity index is 651. The average Bonchev–Trinajstić information content (AvgIpc) is 2.45. The van der Waals surface area contributed by atoms with Crippen LogP contribution in [0.2, 0.25) is 0 Å². The highest BCUT2D eigenvalue weighted by Gasteiger charge is 2.16. The van der Waals surface area contributed by atoms with Crippen LogP contribution >= 0.6 is 11.8 Å². The zero-order valence-electron chi connectivity index (χ0n) is 12.3. The normalized spacial score (nSPS) is 10.5. The quantitative estimate of drug-likeness (QED) is 0.604. The van der Waals surface area contributed by atoms with Crippen molar-refractivity contribution in [2.24, 2.45) is 0 Å². The molecular formula is C17H17FO2S. The van der Waals surface area contributed by atoms with E-state index in [-0.39, 0.29) is 11.6 Å². The number of aryl methyl sites for hydroxylation is 2. The molecule has 0 saturated heterocycles. The smallest absolute Gasteiger partial charge is 0.177 e. The summed E-state index contributed by atoms with van der Waals surface area (Å²) in [6.07, 6.45) is 0. The van der Waals surface area contributed by atoms with E-state index >= 15 is 0 Å². The molecular weight excluding hydrogens is 287 g/mol. The van der Waals surface area contributed by atoms with Gasteiger partial charge in [0.25, 0.3) is 0 Å². The molecule has 0 amide bonds. The van der Waals surface area contributed by atoms with Crippen LogP contribution < -0.4 is 4.74 Å². The Morgan fingerprint density at radius 1 is 1.19 bits per heavy atom. The molecule has 0 aliphatic carbocycles. The summed E-state index contributed by atoms with van der Waals surface area (Å²) < 4.78 is 18.2. The Morgan fingerprint density at radius 3 is 2.48 bits per heavy atom. The number of methoxy groups -OCH3 is 1. The standard InChI is InChI=1S/C17H17FO2S/c1-11-8-12(2)17(16(9-11)20-3)15(19)10-21-14-6-4-13(18)5-7-14/h4-9H,10H2,1-3H3. The van der Waals surface area contributed by atoms with Crippen LogP contribution in [0.1, 0.15) is 21.5 Å². The Morgan fingerprint density at radius 2 is 1.86 bits per heavy atom. The van der Waals surface area contributed by atoms with Crippen molar-refractivity contribution in [1.29, 1.82) is 0 Å². The monoisotopic (exact) mass is 304 g/mol. The van der Waals surface area contributed by atoms with Gasteiger partial charge in [-0.2, -0.15) is 0 Å². The van der Waals surface area contributed by atoms with Crippen LogP contribution in [0.4, 0.5) is 4.39 Å². The number of ketones is 1. The molecule has 4 heteroatoms. The van der Waals surface area contributed by atoms with Gasteiger partial charge in [0, 0.05) is 4.90 Å². The van der Waals surface area contributed by atoms with E-state index in [1.165, 1.54) is 23.9 Å². The summed E-state index contributed by atoms with van der Waals surface area (Å²) in [5, 5.41) is 0. The summed E-state index contributed by atoms with van der Waals surface area (Å²) in [5.74, 6) is 0.643. The van der Waals surface area contributed by atoms with Crippen LogP contribution in [0.5, 0.6) is 5.75 Å². The van der Waals surface area contributed by atoms with Gasteiger partial charge in [-0.05, 0) is 55.3 Å². The third kappa shape index (κ3) is 3.85. The number of benzene rings is 2. The molecule has 0 spiro atoms. The van der Waals surface area contributed by atoms with Crippen molar-refractivity contribution >= 4 is 17.5 Å². The maximum absolute atomic E-state index is 12.8. The van der Waals surface area contributed by atoms with Crippen molar-refractivity contribution < 1.29 is 13.9 Å². The lowest BCUT2D eigenvalue weighted by molar-refractivity contribution is 0.101. The summed E-state index contributed by atoms with van der Waals surface area (Å²) in [6.45, 7) is 3.88. The molecule has 0 atom stereocenters. The van der Waals surface area contributed by atoms with Gasteiger partial charge in [-0.25, -0.2) is 4.39 Å². The summed E-state index contributed by atoms with van der Waals surface area (Å²) in [5.41, 5.74) is 2.60. The third-order valence-electron chi connectivity index (χ3n) is 3.13. The number of ether oxygens (including phenoxy) is 1. The van der Waals surface area contributed by atoms with Crippen molar-refractivity contribution in [2.75, 3.05) is 12.9 Å². The molecule has 0 N–H and O–H groups in total. The molecule has 0 radical (unpaired) electrons. The van der Waals surface area contributed by atoms with E-state index < -0.39 is 0 Å². The van der Waals surface area contributed by atoms with Crippen molar-refractivity contribution in [3.63, 3.8) is 0 Å². The molecule has 21 heavy (non-hydrogen) atoms. The van der Waals surface area contributed by atoms with Crippen molar-refractivity contribution in [1.82, 2.24) is 0 Å². The fraction of sp³-hybridized carbons (Fsp3) is 0.235. The van der Waals surface area contributed by atoms with Crippen LogP contribution in [0, 0.1) is 19.7 Å². The first-order valence-electron chi connectivity index (χ1n) is 6.58. The molecule has 0 unspecified atom stereocenters. The van der Waals surface area contributed by atoms with Gasteiger partial charge in [0.05, 0.1) is 18.4 Å². The summed E-state index contributed by atoms with van der Waals surface area (Å²) in [6, 6.07) is 9.97. The number of hydrogen-bond acceptors (Lipinski definition) is 3. The number of hydrogen-bond donors (Lipinski definition) is 0. The van der Waals surface area contributed by atoms with Gasteiger partial charge in [0.1, 0.15) is 11.6 Å². The molecule has 0 fully saturated rings. The fourth-order valence-corrected chi connectivity index (χ4v) is 2.97. The first-order valence-corrected chi connectivity index (χ1v) is 7.56. The van der Waals surface area contributed by atoms with Gasteiger partial charge in [-0.15, -0.1) is 11.8 Å². The Balaban J connectivity index is 2.15. The molecule has 0 heterocycles. The molecule has 0 aromatic heterocycles.